The molecule has 1 heterocycles. The van der Waals surface area contributed by atoms with Crippen molar-refractivity contribution in [2.45, 2.75) is 50.6 Å². The molecule has 0 bridgehead atoms. The summed E-state index contributed by atoms with van der Waals surface area (Å²) in [4.78, 5) is 54.1. The Hall–Kier alpha value is -3.72. The van der Waals surface area contributed by atoms with Crippen LogP contribution < -0.4 is 14.4 Å². The van der Waals surface area contributed by atoms with Gasteiger partial charge in [0.05, 0.1) is 37.9 Å². The maximum absolute atomic E-state index is 13.1. The van der Waals surface area contributed by atoms with Gasteiger partial charge in [0.25, 0.3) is 5.91 Å². The lowest BCUT2D eigenvalue weighted by Crippen LogP contribution is -2.45. The van der Waals surface area contributed by atoms with Crippen LogP contribution in [0.4, 0.5) is 5.69 Å². The summed E-state index contributed by atoms with van der Waals surface area (Å²) in [6.45, 7) is -0.450. The van der Waals surface area contributed by atoms with Gasteiger partial charge in [0.15, 0.2) is 23.9 Å². The third kappa shape index (κ3) is 5.67. The molecule has 1 aliphatic heterocycles. The smallest absolute Gasteiger partial charge is 0.338 e. The van der Waals surface area contributed by atoms with Crippen LogP contribution in [0.3, 0.4) is 0 Å². The van der Waals surface area contributed by atoms with Crippen molar-refractivity contribution in [3.63, 3.8) is 0 Å². The first kappa shape index (κ1) is 26.3. The Labute approximate surface area is 216 Å². The van der Waals surface area contributed by atoms with Gasteiger partial charge in [-0.3, -0.25) is 19.3 Å². The highest BCUT2D eigenvalue weighted by Gasteiger charge is 2.43. The van der Waals surface area contributed by atoms with Crippen molar-refractivity contribution in [2.75, 3.05) is 32.8 Å². The number of hydrogen-bond donors (Lipinski definition) is 0. The van der Waals surface area contributed by atoms with Crippen LogP contribution in [0.15, 0.2) is 42.5 Å². The number of Topliss-reactive ketones (excluding diaryl/α,β-unsaturated/α-hetero) is 1. The van der Waals surface area contributed by atoms with Crippen molar-refractivity contribution in [3.05, 3.63) is 53.6 Å². The average molecular weight is 509 g/mol. The zero-order valence-corrected chi connectivity index (χ0v) is 21.4. The molecule has 0 radical (unpaired) electrons. The highest BCUT2D eigenvalue weighted by molar-refractivity contribution is 6.22. The number of nitrogens with zero attached hydrogens (tertiary/aromatic N) is 2. The van der Waals surface area contributed by atoms with E-state index in [9.17, 15) is 19.2 Å². The SMILES string of the molecule is COc1ccc(C(=O)COC(=O)c2ccc(N3C(=O)CC(N(C)C4CCCCC4)C3=O)cc2)cc1OC. The van der Waals surface area contributed by atoms with Crippen LogP contribution in [0.25, 0.3) is 0 Å². The van der Waals surface area contributed by atoms with Crippen LogP contribution in [0, 0.1) is 0 Å². The Morgan fingerprint density at radius 1 is 0.919 bits per heavy atom. The summed E-state index contributed by atoms with van der Waals surface area (Å²) in [5, 5.41) is 0. The molecule has 2 aromatic carbocycles. The van der Waals surface area contributed by atoms with Crippen molar-refractivity contribution in [1.82, 2.24) is 4.90 Å². The Balaban J connectivity index is 1.37. The van der Waals surface area contributed by atoms with Gasteiger partial charge in [-0.15, -0.1) is 0 Å². The first-order valence-electron chi connectivity index (χ1n) is 12.4. The number of methoxy groups -OCH3 is 2. The summed E-state index contributed by atoms with van der Waals surface area (Å²) in [7, 11) is 4.89. The number of imide groups is 1. The average Bonchev–Trinajstić information content (AvgIpc) is 3.24. The lowest BCUT2D eigenvalue weighted by molar-refractivity contribution is -0.123. The largest absolute Gasteiger partial charge is 0.493 e. The fourth-order valence-electron chi connectivity index (χ4n) is 5.00. The summed E-state index contributed by atoms with van der Waals surface area (Å²) in [6.07, 6.45) is 5.73. The second-order valence-corrected chi connectivity index (χ2v) is 9.36. The predicted octanol–water partition coefficient (Wildman–Crippen LogP) is 3.64. The Morgan fingerprint density at radius 3 is 2.22 bits per heavy atom. The van der Waals surface area contributed by atoms with Crippen LogP contribution in [0.5, 0.6) is 11.5 Å². The Bertz CT molecular complexity index is 1170. The van der Waals surface area contributed by atoms with Crippen LogP contribution in [-0.2, 0) is 14.3 Å². The molecule has 0 N–H and O–H groups in total. The first-order chi connectivity index (χ1) is 17.8. The highest BCUT2D eigenvalue weighted by Crippen LogP contribution is 2.30. The van der Waals surface area contributed by atoms with Crippen molar-refractivity contribution in [3.8, 4) is 11.5 Å². The molecular weight excluding hydrogens is 476 g/mol. The molecule has 1 aliphatic carbocycles. The Morgan fingerprint density at radius 2 is 1.57 bits per heavy atom. The van der Waals surface area contributed by atoms with Gasteiger partial charge in [-0.25, -0.2) is 9.69 Å². The molecule has 2 aromatic rings. The van der Waals surface area contributed by atoms with Crippen LogP contribution >= 0.6 is 0 Å². The van der Waals surface area contributed by atoms with Gasteiger partial charge < -0.3 is 14.2 Å². The molecule has 0 spiro atoms. The molecule has 2 amide bonds. The van der Waals surface area contributed by atoms with Crippen LogP contribution in [-0.4, -0.2) is 68.4 Å². The van der Waals surface area contributed by atoms with Gasteiger partial charge in [-0.05, 0) is 62.4 Å². The summed E-state index contributed by atoms with van der Waals surface area (Å²) < 4.78 is 15.5. The van der Waals surface area contributed by atoms with Crippen molar-refractivity contribution in [2.24, 2.45) is 0 Å². The van der Waals surface area contributed by atoms with Gasteiger partial charge in [-0.1, -0.05) is 19.3 Å². The van der Waals surface area contributed by atoms with Gasteiger partial charge in [0.1, 0.15) is 0 Å². The van der Waals surface area contributed by atoms with E-state index in [4.69, 9.17) is 14.2 Å². The van der Waals surface area contributed by atoms with Crippen LogP contribution in [0.1, 0.15) is 59.2 Å². The number of amides is 2. The van der Waals surface area contributed by atoms with Crippen LogP contribution in [0.2, 0.25) is 0 Å². The molecule has 1 saturated carbocycles. The fraction of sp³-hybridized carbons (Fsp3) is 0.429. The van der Waals surface area contributed by atoms with Gasteiger partial charge in [0.2, 0.25) is 5.91 Å². The number of carbonyl (C=O) groups excluding carboxylic acids is 4. The van der Waals surface area contributed by atoms with Gasteiger partial charge >= 0.3 is 5.97 Å². The molecular formula is C28H32N2O7. The van der Waals surface area contributed by atoms with E-state index in [1.165, 1.54) is 43.7 Å². The Kier molecular flexibility index (Phi) is 8.23. The van der Waals surface area contributed by atoms with Crippen molar-refractivity contribution in [1.29, 1.82) is 0 Å². The molecule has 1 unspecified atom stereocenters. The molecule has 0 aromatic heterocycles. The van der Waals surface area contributed by atoms with E-state index in [0.717, 1.165) is 25.7 Å². The molecule has 1 saturated heterocycles. The number of ether oxygens (including phenoxy) is 3. The predicted molar refractivity (Wildman–Crippen MR) is 136 cm³/mol. The monoisotopic (exact) mass is 508 g/mol. The number of hydrogen-bond acceptors (Lipinski definition) is 8. The summed E-state index contributed by atoms with van der Waals surface area (Å²) in [6, 6.07) is 10.6. The molecule has 2 aliphatic rings. The lowest BCUT2D eigenvalue weighted by atomic mass is 9.93. The molecule has 9 heteroatoms. The van der Waals surface area contributed by atoms with Gasteiger partial charge in [-0.2, -0.15) is 0 Å². The van der Waals surface area contributed by atoms with E-state index in [0.29, 0.717) is 28.8 Å². The second-order valence-electron chi connectivity index (χ2n) is 9.36. The van der Waals surface area contributed by atoms with Gasteiger partial charge in [0, 0.05) is 11.6 Å². The number of carbonyl (C=O) groups is 4. The fourth-order valence-corrected chi connectivity index (χ4v) is 5.00. The molecule has 9 nitrogen and oxygen atoms in total. The van der Waals surface area contributed by atoms with Crippen molar-refractivity contribution < 1.29 is 33.4 Å². The third-order valence-corrected chi connectivity index (χ3v) is 7.17. The number of rotatable bonds is 9. The molecule has 196 valence electrons. The maximum atomic E-state index is 13.1. The third-order valence-electron chi connectivity index (χ3n) is 7.17. The zero-order valence-electron chi connectivity index (χ0n) is 21.4. The number of likely N-dealkylation sites (N-methyl/N-ethyl adjacent to an activating group) is 1. The minimum Gasteiger partial charge on any atom is -0.493 e. The first-order valence-corrected chi connectivity index (χ1v) is 12.4. The normalized spacial score (nSPS) is 18.3. The van der Waals surface area contributed by atoms with E-state index >= 15 is 0 Å². The second kappa shape index (κ2) is 11.6. The topological polar surface area (TPSA) is 102 Å². The van der Waals surface area contributed by atoms with E-state index in [-0.39, 0.29) is 23.8 Å². The number of esters is 1. The maximum Gasteiger partial charge on any atom is 0.338 e. The highest BCUT2D eigenvalue weighted by atomic mass is 16.5. The van der Waals surface area contributed by atoms with E-state index in [1.54, 1.807) is 24.3 Å². The molecule has 4 rings (SSSR count). The van der Waals surface area contributed by atoms with Crippen molar-refractivity contribution >= 4 is 29.3 Å². The number of benzene rings is 2. The molecule has 37 heavy (non-hydrogen) atoms. The number of anilines is 1. The number of ketones is 1. The molecule has 2 fully saturated rings. The van der Waals surface area contributed by atoms with E-state index < -0.39 is 24.4 Å². The van der Waals surface area contributed by atoms with E-state index in [2.05, 4.69) is 4.90 Å². The zero-order chi connectivity index (χ0) is 26.5. The lowest BCUT2D eigenvalue weighted by Gasteiger charge is -2.34. The minimum atomic E-state index is -0.686. The minimum absolute atomic E-state index is 0.147. The summed E-state index contributed by atoms with van der Waals surface area (Å²) >= 11 is 0. The quantitative estimate of drug-likeness (QED) is 0.287. The summed E-state index contributed by atoms with van der Waals surface area (Å²) in [5.74, 6) is -0.699. The van der Waals surface area contributed by atoms with E-state index in [1.807, 2.05) is 7.05 Å². The molecule has 1 atom stereocenters. The summed E-state index contributed by atoms with van der Waals surface area (Å²) in [5.41, 5.74) is 0.936. The standard InChI is InChI=1S/C28H32N2O7/c1-29(20-7-5-4-6-8-20)22-16-26(32)30(27(22)33)21-12-9-18(10-13-21)28(34)37-17-23(31)19-11-14-24(35-2)25(15-19)36-3/h9-15,20,22H,4-8,16-17H2,1-3H3.